The monoisotopic (exact) mass is 349 g/mol. The Labute approximate surface area is 152 Å². The molecule has 0 bridgehead atoms. The Bertz CT molecular complexity index is 910. The summed E-state index contributed by atoms with van der Waals surface area (Å²) in [6.07, 6.45) is 4.38. The van der Waals surface area contributed by atoms with Gasteiger partial charge in [0.25, 0.3) is 5.91 Å². The van der Waals surface area contributed by atoms with Crippen LogP contribution in [0.5, 0.6) is 0 Å². The Kier molecular flexibility index (Phi) is 4.69. The highest BCUT2D eigenvalue weighted by atomic mass is 16.1. The minimum atomic E-state index is -0.459. The normalized spacial score (nSPS) is 17.5. The van der Waals surface area contributed by atoms with E-state index in [2.05, 4.69) is 27.9 Å². The van der Waals surface area contributed by atoms with Crippen LogP contribution in [-0.4, -0.2) is 34.8 Å². The zero-order valence-corrected chi connectivity index (χ0v) is 14.6. The molecule has 1 aliphatic rings. The van der Waals surface area contributed by atoms with E-state index >= 15 is 0 Å². The van der Waals surface area contributed by atoms with Gasteiger partial charge in [0.15, 0.2) is 0 Å². The number of aromatic nitrogens is 2. The summed E-state index contributed by atoms with van der Waals surface area (Å²) in [5.41, 5.74) is 8.73. The summed E-state index contributed by atoms with van der Waals surface area (Å²) >= 11 is 0. The summed E-state index contributed by atoms with van der Waals surface area (Å²) in [6, 6.07) is 14.3. The number of primary amides is 1. The number of benzene rings is 2. The van der Waals surface area contributed by atoms with E-state index in [1.807, 2.05) is 30.5 Å². The van der Waals surface area contributed by atoms with Crippen LogP contribution in [0.4, 0.5) is 0 Å². The van der Waals surface area contributed by atoms with Crippen LogP contribution < -0.4 is 16.4 Å². The zero-order chi connectivity index (χ0) is 17.9. The third kappa shape index (κ3) is 3.47. The first-order chi connectivity index (χ1) is 12.7. The molecule has 2 aromatic carbocycles. The van der Waals surface area contributed by atoms with Gasteiger partial charge in [-0.25, -0.2) is 4.68 Å². The number of nitrogens with one attached hydrogen (secondary N) is 2. The number of nitrogens with zero attached hydrogens (tertiary/aromatic N) is 2. The Morgan fingerprint density at radius 2 is 2.12 bits per heavy atom. The van der Waals surface area contributed by atoms with Crippen molar-refractivity contribution in [1.82, 2.24) is 20.4 Å². The van der Waals surface area contributed by atoms with E-state index in [4.69, 9.17) is 5.73 Å². The molecule has 6 nitrogen and oxygen atoms in total. The van der Waals surface area contributed by atoms with Gasteiger partial charge in [-0.05, 0) is 43.1 Å². The van der Waals surface area contributed by atoms with Gasteiger partial charge in [0.1, 0.15) is 5.52 Å². The van der Waals surface area contributed by atoms with Crippen molar-refractivity contribution >= 4 is 16.8 Å². The minimum Gasteiger partial charge on any atom is -0.366 e. The van der Waals surface area contributed by atoms with Crippen LogP contribution >= 0.6 is 0 Å². The fourth-order valence-corrected chi connectivity index (χ4v) is 3.43. The lowest BCUT2D eigenvalue weighted by Gasteiger charge is -2.23. The number of nitrogens with two attached hydrogens (primary N) is 1. The molecule has 4 rings (SSSR count). The molecule has 134 valence electrons. The van der Waals surface area contributed by atoms with Crippen molar-refractivity contribution in [1.29, 1.82) is 0 Å². The summed E-state index contributed by atoms with van der Waals surface area (Å²) in [7, 11) is 0. The number of rotatable bonds is 5. The van der Waals surface area contributed by atoms with Crippen LogP contribution in [0.2, 0.25) is 0 Å². The summed E-state index contributed by atoms with van der Waals surface area (Å²) in [6.45, 7) is 3.03. The van der Waals surface area contributed by atoms with Crippen molar-refractivity contribution in [2.75, 3.05) is 13.1 Å². The maximum Gasteiger partial charge on any atom is 0.250 e. The molecule has 1 fully saturated rings. The van der Waals surface area contributed by atoms with Gasteiger partial charge in [-0.3, -0.25) is 4.79 Å². The number of hydrogen-bond acceptors (Lipinski definition) is 4. The van der Waals surface area contributed by atoms with Gasteiger partial charge < -0.3 is 16.4 Å². The molecular weight excluding hydrogens is 326 g/mol. The first kappa shape index (κ1) is 16.8. The Balaban J connectivity index is 1.50. The first-order valence-electron chi connectivity index (χ1n) is 9.02. The second kappa shape index (κ2) is 7.27. The molecule has 0 spiro atoms. The number of amides is 1. The largest absolute Gasteiger partial charge is 0.366 e. The summed E-state index contributed by atoms with van der Waals surface area (Å²) in [5.74, 6) is -0.459. The molecule has 0 saturated carbocycles. The van der Waals surface area contributed by atoms with Crippen molar-refractivity contribution in [3.05, 3.63) is 59.8 Å². The van der Waals surface area contributed by atoms with Gasteiger partial charge in [-0.1, -0.05) is 24.3 Å². The highest BCUT2D eigenvalue weighted by Crippen LogP contribution is 2.19. The number of hydrogen-bond donors (Lipinski definition) is 3. The maximum absolute atomic E-state index is 11.6. The third-order valence-electron chi connectivity index (χ3n) is 4.89. The van der Waals surface area contributed by atoms with E-state index in [1.54, 1.807) is 10.7 Å². The fraction of sp³-hybridized carbons (Fsp3) is 0.300. The first-order valence-corrected chi connectivity index (χ1v) is 9.02. The molecule has 2 heterocycles. The van der Waals surface area contributed by atoms with Gasteiger partial charge in [-0.15, -0.1) is 0 Å². The van der Waals surface area contributed by atoms with Crippen molar-refractivity contribution in [3.63, 3.8) is 0 Å². The van der Waals surface area contributed by atoms with E-state index in [-0.39, 0.29) is 0 Å². The maximum atomic E-state index is 11.6. The van der Waals surface area contributed by atoms with E-state index in [0.717, 1.165) is 30.7 Å². The molecule has 26 heavy (non-hydrogen) atoms. The zero-order valence-electron chi connectivity index (χ0n) is 14.6. The lowest BCUT2D eigenvalue weighted by molar-refractivity contribution is 0.100. The second-order valence-corrected chi connectivity index (χ2v) is 6.77. The van der Waals surface area contributed by atoms with E-state index < -0.39 is 5.91 Å². The summed E-state index contributed by atoms with van der Waals surface area (Å²) in [5, 5.41) is 12.5. The number of fused-ring (bicyclic) bond motifs is 1. The molecule has 1 unspecified atom stereocenters. The average molecular weight is 349 g/mol. The molecule has 1 aliphatic heterocycles. The molecule has 1 atom stereocenters. The quantitative estimate of drug-likeness (QED) is 0.657. The lowest BCUT2D eigenvalue weighted by atomic mass is 10.1. The smallest absolute Gasteiger partial charge is 0.250 e. The Hall–Kier alpha value is -2.70. The molecule has 4 N–H and O–H groups in total. The van der Waals surface area contributed by atoms with Crippen molar-refractivity contribution in [3.8, 4) is 5.69 Å². The standard InChI is InChI=1S/C20H23N5O/c21-20(26)18-5-1-3-15-13-25(24-19(15)18)17-8-6-14(7-9-17)11-23-16-4-2-10-22-12-16/h1,3,5-9,13,16,22-23H,2,4,10-12H2,(H2,21,26). The van der Waals surface area contributed by atoms with Crippen LogP contribution in [0.1, 0.15) is 28.8 Å². The van der Waals surface area contributed by atoms with Crippen molar-refractivity contribution in [2.24, 2.45) is 5.73 Å². The van der Waals surface area contributed by atoms with Crippen LogP contribution in [0.3, 0.4) is 0 Å². The third-order valence-corrected chi connectivity index (χ3v) is 4.89. The van der Waals surface area contributed by atoms with E-state index in [1.165, 1.54) is 18.4 Å². The minimum absolute atomic E-state index is 0.447. The summed E-state index contributed by atoms with van der Waals surface area (Å²) in [4.78, 5) is 11.6. The molecule has 1 saturated heterocycles. The number of carbonyl (C=O) groups excluding carboxylic acids is 1. The van der Waals surface area contributed by atoms with Crippen molar-refractivity contribution < 1.29 is 4.79 Å². The van der Waals surface area contributed by atoms with Crippen molar-refractivity contribution in [2.45, 2.75) is 25.4 Å². The van der Waals surface area contributed by atoms with E-state index in [0.29, 0.717) is 17.1 Å². The van der Waals surface area contributed by atoms with Crippen LogP contribution in [-0.2, 0) is 6.54 Å². The molecule has 3 aromatic rings. The van der Waals surface area contributed by atoms with Gasteiger partial charge in [-0.2, -0.15) is 5.10 Å². The van der Waals surface area contributed by atoms with Crippen LogP contribution in [0.25, 0.3) is 16.6 Å². The van der Waals surface area contributed by atoms with Gasteiger partial charge in [0.05, 0.1) is 11.3 Å². The molecule has 6 heteroatoms. The highest BCUT2D eigenvalue weighted by molar-refractivity contribution is 6.04. The molecule has 0 aliphatic carbocycles. The topological polar surface area (TPSA) is 85.0 Å². The lowest BCUT2D eigenvalue weighted by Crippen LogP contribution is -2.42. The van der Waals surface area contributed by atoms with Gasteiger partial charge >= 0.3 is 0 Å². The molecular formula is C20H23N5O. The second-order valence-electron chi connectivity index (χ2n) is 6.77. The van der Waals surface area contributed by atoms with Gasteiger partial charge in [0, 0.05) is 30.7 Å². The highest BCUT2D eigenvalue weighted by Gasteiger charge is 2.12. The fourth-order valence-electron chi connectivity index (χ4n) is 3.43. The van der Waals surface area contributed by atoms with Gasteiger partial charge in [0.2, 0.25) is 0 Å². The molecule has 1 aromatic heterocycles. The number of piperidine rings is 1. The Morgan fingerprint density at radius 1 is 1.27 bits per heavy atom. The van der Waals surface area contributed by atoms with E-state index in [9.17, 15) is 4.79 Å². The molecule has 1 amide bonds. The predicted octanol–water partition coefficient (Wildman–Crippen LogP) is 1.97. The average Bonchev–Trinajstić information content (AvgIpc) is 3.11. The number of carbonyl (C=O) groups is 1. The van der Waals surface area contributed by atoms with Crippen LogP contribution in [0, 0.1) is 0 Å². The van der Waals surface area contributed by atoms with Crippen LogP contribution in [0.15, 0.2) is 48.7 Å². The molecule has 0 radical (unpaired) electrons. The predicted molar refractivity (Wildman–Crippen MR) is 102 cm³/mol. The summed E-state index contributed by atoms with van der Waals surface area (Å²) < 4.78 is 1.79. The Morgan fingerprint density at radius 3 is 2.85 bits per heavy atom. The SMILES string of the molecule is NC(=O)c1cccc2cn(-c3ccc(CNC4CCCNC4)cc3)nc12.